The van der Waals surface area contributed by atoms with E-state index in [2.05, 4.69) is 4.98 Å². The first-order chi connectivity index (χ1) is 9.23. The largest absolute Gasteiger partial charge is 0.463 e. The molecule has 20 heavy (non-hydrogen) atoms. The van der Waals surface area contributed by atoms with Crippen LogP contribution in [0.15, 0.2) is 24.5 Å². The molecule has 1 amide bonds. The summed E-state index contributed by atoms with van der Waals surface area (Å²) in [5.41, 5.74) is 0.408. The van der Waals surface area contributed by atoms with Crippen molar-refractivity contribution >= 4 is 5.91 Å². The number of nitrogens with zero attached hydrogens (tertiary/aromatic N) is 2. The maximum atomic E-state index is 13.1. The molecule has 2 rings (SSSR count). The third-order valence-electron chi connectivity index (χ3n) is 2.95. The summed E-state index contributed by atoms with van der Waals surface area (Å²) in [6.07, 6.45) is -2.25. The van der Waals surface area contributed by atoms with Crippen LogP contribution in [0.5, 0.6) is 0 Å². The summed E-state index contributed by atoms with van der Waals surface area (Å²) < 4.78 is 63.0. The molecule has 0 spiro atoms. The Morgan fingerprint density at radius 2 is 1.95 bits per heavy atom. The Morgan fingerprint density at radius 3 is 2.40 bits per heavy atom. The third kappa shape index (κ3) is 2.88. The van der Waals surface area contributed by atoms with Gasteiger partial charge in [-0.1, -0.05) is 6.07 Å². The third-order valence-corrected chi connectivity index (χ3v) is 2.95. The molecule has 0 N–H and O–H groups in total. The van der Waals surface area contributed by atoms with Gasteiger partial charge in [0.2, 0.25) is 0 Å². The molecular weight excluding hydrogens is 283 g/mol. The molecule has 0 saturated heterocycles. The molecule has 1 aliphatic carbocycles. The summed E-state index contributed by atoms with van der Waals surface area (Å²) >= 11 is 0. The van der Waals surface area contributed by atoms with Gasteiger partial charge in [0.1, 0.15) is 0 Å². The highest BCUT2D eigenvalue weighted by Crippen LogP contribution is 2.40. The van der Waals surface area contributed by atoms with Crippen molar-refractivity contribution in [1.82, 2.24) is 9.88 Å². The van der Waals surface area contributed by atoms with Crippen molar-refractivity contribution in [3.05, 3.63) is 30.1 Å². The molecular formula is C12H11F5N2O. The molecule has 0 bridgehead atoms. The number of amides is 1. The molecule has 0 aromatic carbocycles. The van der Waals surface area contributed by atoms with Crippen molar-refractivity contribution in [2.24, 2.45) is 0 Å². The number of alkyl halides is 5. The minimum Gasteiger partial charge on any atom is -0.330 e. The SMILES string of the molecule is O=C(N(Cc1cccnc1)C1CC1)C(F)(F)C(F)(F)F. The van der Waals surface area contributed by atoms with Gasteiger partial charge in [-0.25, -0.2) is 0 Å². The smallest absolute Gasteiger partial charge is 0.330 e. The lowest BCUT2D eigenvalue weighted by Crippen LogP contribution is -2.52. The van der Waals surface area contributed by atoms with E-state index in [9.17, 15) is 26.7 Å². The monoisotopic (exact) mass is 294 g/mol. The van der Waals surface area contributed by atoms with Crippen LogP contribution >= 0.6 is 0 Å². The summed E-state index contributed by atoms with van der Waals surface area (Å²) in [7, 11) is 0. The van der Waals surface area contributed by atoms with Gasteiger partial charge >= 0.3 is 18.0 Å². The maximum absolute atomic E-state index is 13.1. The Bertz CT molecular complexity index is 484. The number of rotatable bonds is 4. The van der Waals surface area contributed by atoms with Crippen molar-refractivity contribution in [3.8, 4) is 0 Å². The van der Waals surface area contributed by atoms with Crippen LogP contribution in [0.3, 0.4) is 0 Å². The molecule has 1 aliphatic rings. The van der Waals surface area contributed by atoms with Gasteiger partial charge in [0.15, 0.2) is 0 Å². The number of hydrogen-bond donors (Lipinski definition) is 0. The van der Waals surface area contributed by atoms with Crippen LogP contribution in [0.2, 0.25) is 0 Å². The van der Waals surface area contributed by atoms with Crippen molar-refractivity contribution < 1.29 is 26.7 Å². The van der Waals surface area contributed by atoms with Gasteiger partial charge in [0, 0.05) is 25.0 Å². The highest BCUT2D eigenvalue weighted by atomic mass is 19.4. The van der Waals surface area contributed by atoms with E-state index < -0.39 is 24.0 Å². The zero-order valence-electron chi connectivity index (χ0n) is 10.2. The molecule has 0 aliphatic heterocycles. The van der Waals surface area contributed by atoms with Crippen molar-refractivity contribution in [1.29, 1.82) is 0 Å². The number of aromatic nitrogens is 1. The summed E-state index contributed by atoms with van der Waals surface area (Å²) in [6, 6.07) is 2.48. The van der Waals surface area contributed by atoms with E-state index in [0.29, 0.717) is 23.3 Å². The summed E-state index contributed by atoms with van der Waals surface area (Å²) in [4.78, 5) is 15.9. The van der Waals surface area contributed by atoms with Crippen LogP contribution in [0.25, 0.3) is 0 Å². The van der Waals surface area contributed by atoms with Gasteiger partial charge in [0.05, 0.1) is 0 Å². The first kappa shape index (κ1) is 14.7. The molecule has 0 unspecified atom stereocenters. The van der Waals surface area contributed by atoms with E-state index in [1.807, 2.05) is 0 Å². The van der Waals surface area contributed by atoms with Gasteiger partial charge in [-0.15, -0.1) is 0 Å². The zero-order chi connectivity index (χ0) is 15.0. The van der Waals surface area contributed by atoms with Crippen molar-refractivity contribution in [3.63, 3.8) is 0 Å². The number of pyridine rings is 1. The van der Waals surface area contributed by atoms with Gasteiger partial charge < -0.3 is 4.90 Å². The first-order valence-electron chi connectivity index (χ1n) is 5.88. The second kappa shape index (κ2) is 4.99. The molecule has 1 aromatic heterocycles. The fourth-order valence-electron chi connectivity index (χ4n) is 1.74. The number of halogens is 5. The van der Waals surface area contributed by atoms with Crippen LogP contribution in [0.1, 0.15) is 18.4 Å². The van der Waals surface area contributed by atoms with E-state index in [1.54, 1.807) is 0 Å². The number of carbonyl (C=O) groups is 1. The average Bonchev–Trinajstić information content (AvgIpc) is 3.19. The van der Waals surface area contributed by atoms with Crippen molar-refractivity contribution in [2.45, 2.75) is 37.5 Å². The van der Waals surface area contributed by atoms with Gasteiger partial charge in [0.25, 0.3) is 0 Å². The Labute approximate surface area is 111 Å². The van der Waals surface area contributed by atoms with E-state index in [-0.39, 0.29) is 6.54 Å². The topological polar surface area (TPSA) is 33.2 Å². The van der Waals surface area contributed by atoms with Crippen molar-refractivity contribution in [2.75, 3.05) is 0 Å². The second-order valence-corrected chi connectivity index (χ2v) is 4.60. The Balaban J connectivity index is 2.19. The number of hydrogen-bond acceptors (Lipinski definition) is 2. The predicted octanol–water partition coefficient (Wildman–Crippen LogP) is 2.77. The molecule has 0 atom stereocenters. The van der Waals surface area contributed by atoms with Gasteiger partial charge in [-0.3, -0.25) is 9.78 Å². The maximum Gasteiger partial charge on any atom is 0.463 e. The van der Waals surface area contributed by atoms with Crippen LogP contribution in [0, 0.1) is 0 Å². The lowest BCUT2D eigenvalue weighted by atomic mass is 10.2. The summed E-state index contributed by atoms with van der Waals surface area (Å²) in [5, 5.41) is 0. The van der Waals surface area contributed by atoms with E-state index in [1.165, 1.54) is 24.5 Å². The molecule has 1 fully saturated rings. The normalized spacial score (nSPS) is 16.1. The Hall–Kier alpha value is -1.73. The average molecular weight is 294 g/mol. The van der Waals surface area contributed by atoms with Gasteiger partial charge in [-0.05, 0) is 24.5 Å². The molecule has 110 valence electrons. The number of carbonyl (C=O) groups excluding carboxylic acids is 1. The van der Waals surface area contributed by atoms with E-state index in [4.69, 9.17) is 0 Å². The van der Waals surface area contributed by atoms with E-state index in [0.717, 1.165) is 0 Å². The highest BCUT2D eigenvalue weighted by molar-refractivity contribution is 5.85. The molecule has 1 heterocycles. The summed E-state index contributed by atoms with van der Waals surface area (Å²) in [6.45, 7) is -0.303. The van der Waals surface area contributed by atoms with Crippen LogP contribution in [-0.2, 0) is 11.3 Å². The highest BCUT2D eigenvalue weighted by Gasteiger charge is 2.65. The minimum atomic E-state index is -5.88. The predicted molar refractivity (Wildman–Crippen MR) is 58.8 cm³/mol. The molecule has 0 radical (unpaired) electrons. The first-order valence-corrected chi connectivity index (χ1v) is 5.88. The molecule has 3 nitrogen and oxygen atoms in total. The quantitative estimate of drug-likeness (QED) is 0.800. The molecule has 8 heteroatoms. The Kier molecular flexibility index (Phi) is 3.66. The van der Waals surface area contributed by atoms with Crippen LogP contribution in [-0.4, -0.2) is 33.9 Å². The summed E-state index contributed by atoms with van der Waals surface area (Å²) in [5.74, 6) is -7.56. The minimum absolute atomic E-state index is 0.303. The molecule has 1 saturated carbocycles. The lowest BCUT2D eigenvalue weighted by molar-refractivity contribution is -0.275. The standard InChI is InChI=1S/C12H11F5N2O/c13-11(14,12(15,16)17)10(20)19(9-3-4-9)7-8-2-1-5-18-6-8/h1-2,5-6,9H,3-4,7H2. The lowest BCUT2D eigenvalue weighted by Gasteiger charge is -2.28. The van der Waals surface area contributed by atoms with Gasteiger partial charge in [-0.2, -0.15) is 22.0 Å². The van der Waals surface area contributed by atoms with Crippen LogP contribution < -0.4 is 0 Å². The Morgan fingerprint density at radius 1 is 1.30 bits per heavy atom. The molecule has 1 aromatic rings. The fourth-order valence-corrected chi connectivity index (χ4v) is 1.74. The second-order valence-electron chi connectivity index (χ2n) is 4.60. The van der Waals surface area contributed by atoms with E-state index >= 15 is 0 Å². The fraction of sp³-hybridized carbons (Fsp3) is 0.500. The zero-order valence-corrected chi connectivity index (χ0v) is 10.2. The van der Waals surface area contributed by atoms with Crippen LogP contribution in [0.4, 0.5) is 22.0 Å².